The lowest BCUT2D eigenvalue weighted by molar-refractivity contribution is -0.118. The van der Waals surface area contributed by atoms with Gasteiger partial charge in [-0.3, -0.25) is 4.79 Å². The van der Waals surface area contributed by atoms with E-state index in [0.717, 1.165) is 31.2 Å². The average Bonchev–Trinajstić information content (AvgIpc) is 3.04. The number of hydrogen-bond donors (Lipinski definition) is 1. The summed E-state index contributed by atoms with van der Waals surface area (Å²) in [6, 6.07) is 6.80. The van der Waals surface area contributed by atoms with Crippen molar-refractivity contribution >= 4 is 39.8 Å². The number of rotatable bonds is 7. The number of halogens is 1. The van der Waals surface area contributed by atoms with Crippen LogP contribution in [0.15, 0.2) is 24.3 Å². The van der Waals surface area contributed by atoms with Crippen LogP contribution in [0.25, 0.3) is 0 Å². The van der Waals surface area contributed by atoms with Crippen LogP contribution in [0.3, 0.4) is 0 Å². The minimum atomic E-state index is -0.371. The van der Waals surface area contributed by atoms with E-state index in [1.54, 1.807) is 31.2 Å². The molecule has 1 N–H and O–H groups in total. The molecule has 1 aromatic heterocycles. The lowest BCUT2D eigenvalue weighted by atomic mass is 9.85. The van der Waals surface area contributed by atoms with Crippen LogP contribution in [0.2, 0.25) is 5.02 Å². The van der Waals surface area contributed by atoms with Gasteiger partial charge in [-0.1, -0.05) is 24.9 Å². The van der Waals surface area contributed by atoms with Gasteiger partial charge in [0.05, 0.1) is 12.2 Å². The Morgan fingerprint density at radius 3 is 2.68 bits per heavy atom. The molecule has 1 aromatic carbocycles. The zero-order valence-corrected chi connectivity index (χ0v) is 17.6. The Morgan fingerprint density at radius 2 is 2.00 bits per heavy atom. The van der Waals surface area contributed by atoms with Crippen molar-refractivity contribution in [2.24, 2.45) is 5.92 Å². The highest BCUT2D eigenvalue weighted by Crippen LogP contribution is 2.40. The molecule has 0 fully saturated rings. The third-order valence-electron chi connectivity index (χ3n) is 4.86. The normalized spacial score (nSPS) is 15.6. The molecular weight excluding hydrogens is 398 g/mol. The predicted octanol–water partition coefficient (Wildman–Crippen LogP) is 5.11. The number of benzene rings is 1. The molecule has 5 nitrogen and oxygen atoms in total. The molecular formula is C21H24ClNO4S. The Labute approximate surface area is 174 Å². The molecule has 1 aliphatic carbocycles. The summed E-state index contributed by atoms with van der Waals surface area (Å²) in [6.45, 7) is 4.12. The number of hydrogen-bond acceptors (Lipinski definition) is 5. The molecule has 28 heavy (non-hydrogen) atoms. The van der Waals surface area contributed by atoms with E-state index in [2.05, 4.69) is 12.2 Å². The van der Waals surface area contributed by atoms with Crippen LogP contribution in [-0.4, -0.2) is 25.1 Å². The van der Waals surface area contributed by atoms with Gasteiger partial charge in [-0.2, -0.15) is 0 Å². The van der Waals surface area contributed by atoms with Gasteiger partial charge in [0.1, 0.15) is 10.8 Å². The second kappa shape index (κ2) is 9.43. The van der Waals surface area contributed by atoms with Gasteiger partial charge in [-0.15, -0.1) is 11.3 Å². The van der Waals surface area contributed by atoms with Crippen LogP contribution in [0.5, 0.6) is 5.75 Å². The second-order valence-electron chi connectivity index (χ2n) is 6.74. The highest BCUT2D eigenvalue weighted by atomic mass is 35.5. The van der Waals surface area contributed by atoms with E-state index in [4.69, 9.17) is 21.1 Å². The van der Waals surface area contributed by atoms with Crippen LogP contribution in [0, 0.1) is 5.92 Å². The minimum Gasteiger partial charge on any atom is -0.484 e. The Morgan fingerprint density at radius 1 is 1.25 bits per heavy atom. The van der Waals surface area contributed by atoms with Crippen molar-refractivity contribution in [3.8, 4) is 5.75 Å². The summed E-state index contributed by atoms with van der Waals surface area (Å²) in [4.78, 5) is 26.1. The van der Waals surface area contributed by atoms with Crippen LogP contribution in [-0.2, 0) is 22.4 Å². The molecule has 0 aliphatic heterocycles. The van der Waals surface area contributed by atoms with Gasteiger partial charge in [0, 0.05) is 9.90 Å². The first-order chi connectivity index (χ1) is 13.5. The monoisotopic (exact) mass is 421 g/mol. The number of amides is 1. The molecule has 7 heteroatoms. The topological polar surface area (TPSA) is 64.6 Å². The molecule has 0 radical (unpaired) electrons. The maximum absolute atomic E-state index is 12.5. The van der Waals surface area contributed by atoms with E-state index in [1.165, 1.54) is 16.2 Å². The first-order valence-electron chi connectivity index (χ1n) is 9.51. The molecule has 2 aromatic rings. The molecule has 1 atom stereocenters. The number of thiophene rings is 1. The third kappa shape index (κ3) is 4.86. The third-order valence-corrected chi connectivity index (χ3v) is 6.28. The smallest absolute Gasteiger partial charge is 0.341 e. The standard InChI is InChI=1S/C21H24ClNO4S/c1-3-13-5-10-16-17(11-13)28-20(19(16)21(25)26-4-2)23-18(24)12-27-15-8-6-14(22)7-9-15/h6-9,13H,3-5,10-12H2,1-2H3,(H,23,24)/t13-/m0/s1. The van der Waals surface area contributed by atoms with Gasteiger partial charge in [-0.25, -0.2) is 4.79 Å². The zero-order chi connectivity index (χ0) is 20.1. The van der Waals surface area contributed by atoms with E-state index >= 15 is 0 Å². The summed E-state index contributed by atoms with van der Waals surface area (Å²) in [5, 5.41) is 4.01. The predicted molar refractivity (Wildman–Crippen MR) is 112 cm³/mol. The summed E-state index contributed by atoms with van der Waals surface area (Å²) >= 11 is 7.33. The summed E-state index contributed by atoms with van der Waals surface area (Å²) in [6.07, 6.45) is 3.96. The zero-order valence-electron chi connectivity index (χ0n) is 16.0. The molecule has 150 valence electrons. The van der Waals surface area contributed by atoms with Crippen molar-refractivity contribution in [3.63, 3.8) is 0 Å². The number of anilines is 1. The maximum Gasteiger partial charge on any atom is 0.341 e. The van der Waals surface area contributed by atoms with E-state index in [-0.39, 0.29) is 18.5 Å². The van der Waals surface area contributed by atoms with Crippen molar-refractivity contribution < 1.29 is 19.1 Å². The molecule has 3 rings (SSSR count). The molecule has 0 saturated heterocycles. The Kier molecular flexibility index (Phi) is 6.97. The average molecular weight is 422 g/mol. The summed E-state index contributed by atoms with van der Waals surface area (Å²) in [5.74, 6) is 0.495. The number of nitrogens with one attached hydrogen (secondary N) is 1. The van der Waals surface area contributed by atoms with Gasteiger partial charge < -0.3 is 14.8 Å². The number of esters is 1. The van der Waals surface area contributed by atoms with Crippen molar-refractivity contribution in [2.75, 3.05) is 18.5 Å². The minimum absolute atomic E-state index is 0.149. The molecule has 1 heterocycles. The Balaban J connectivity index is 1.74. The van der Waals surface area contributed by atoms with Crippen LogP contribution in [0.4, 0.5) is 5.00 Å². The van der Waals surface area contributed by atoms with E-state index in [9.17, 15) is 9.59 Å². The summed E-state index contributed by atoms with van der Waals surface area (Å²) < 4.78 is 10.7. The Bertz CT molecular complexity index is 847. The molecule has 0 bridgehead atoms. The van der Waals surface area contributed by atoms with Crippen molar-refractivity contribution in [1.29, 1.82) is 0 Å². The summed E-state index contributed by atoms with van der Waals surface area (Å²) in [7, 11) is 0. The Hall–Kier alpha value is -2.05. The number of fused-ring (bicyclic) bond motifs is 1. The van der Waals surface area contributed by atoms with E-state index in [1.807, 2.05) is 0 Å². The van der Waals surface area contributed by atoms with Crippen LogP contribution in [0.1, 0.15) is 47.5 Å². The van der Waals surface area contributed by atoms with Crippen molar-refractivity contribution in [1.82, 2.24) is 0 Å². The quantitative estimate of drug-likeness (QED) is 0.631. The van der Waals surface area contributed by atoms with Gasteiger partial charge >= 0.3 is 5.97 Å². The largest absolute Gasteiger partial charge is 0.484 e. The number of carbonyl (C=O) groups is 2. The van der Waals surface area contributed by atoms with Crippen LogP contribution >= 0.6 is 22.9 Å². The first-order valence-corrected chi connectivity index (χ1v) is 10.7. The number of ether oxygens (including phenoxy) is 2. The second-order valence-corrected chi connectivity index (χ2v) is 8.28. The van der Waals surface area contributed by atoms with Crippen molar-refractivity contribution in [2.45, 2.75) is 39.5 Å². The van der Waals surface area contributed by atoms with Gasteiger partial charge in [0.15, 0.2) is 6.61 Å². The fraction of sp³-hybridized carbons (Fsp3) is 0.429. The highest BCUT2D eigenvalue weighted by molar-refractivity contribution is 7.17. The fourth-order valence-corrected chi connectivity index (χ4v) is 4.84. The lowest BCUT2D eigenvalue weighted by Gasteiger charge is -2.20. The highest BCUT2D eigenvalue weighted by Gasteiger charge is 2.29. The van der Waals surface area contributed by atoms with E-state index in [0.29, 0.717) is 33.9 Å². The molecule has 1 amide bonds. The van der Waals surface area contributed by atoms with Crippen molar-refractivity contribution in [3.05, 3.63) is 45.3 Å². The molecule has 0 unspecified atom stereocenters. The van der Waals surface area contributed by atoms with Crippen LogP contribution < -0.4 is 10.1 Å². The molecule has 0 saturated carbocycles. The fourth-order valence-electron chi connectivity index (χ4n) is 3.35. The lowest BCUT2D eigenvalue weighted by Crippen LogP contribution is -2.21. The maximum atomic E-state index is 12.5. The van der Waals surface area contributed by atoms with Gasteiger partial charge in [0.2, 0.25) is 0 Å². The van der Waals surface area contributed by atoms with E-state index < -0.39 is 0 Å². The molecule has 1 aliphatic rings. The van der Waals surface area contributed by atoms with Gasteiger partial charge in [0.25, 0.3) is 5.91 Å². The molecule has 0 spiro atoms. The number of carbonyl (C=O) groups excluding carboxylic acids is 2. The SMILES string of the molecule is CCOC(=O)c1c(NC(=O)COc2ccc(Cl)cc2)sc2c1CC[C@H](CC)C2. The first kappa shape index (κ1) is 20.7. The van der Waals surface area contributed by atoms with Gasteiger partial charge in [-0.05, 0) is 61.9 Å². The summed E-state index contributed by atoms with van der Waals surface area (Å²) in [5.41, 5.74) is 1.54.